The molecule has 1 aliphatic rings. The van der Waals surface area contributed by atoms with E-state index in [-0.39, 0.29) is 17.6 Å². The number of rotatable bonds is 8. The highest BCUT2D eigenvalue weighted by Gasteiger charge is 2.20. The average Bonchev–Trinajstić information content (AvgIpc) is 2.88. The molecule has 172 valence electrons. The standard InChI is InChI=1S/C31H31NO2/c1-2-28(24-10-4-3-5-11-24)31(34)32-22-26-13-7-9-15-30(26)29-14-8-6-12-25(29)19-16-23-17-20-27(33)21-18-23/h4,6-21,28,33H,2-3,5,22H2,1H3,(H,32,34)/b19-16+/t28-/m1/s1. The first-order valence-corrected chi connectivity index (χ1v) is 11.9. The van der Waals surface area contributed by atoms with Gasteiger partial charge in [0.15, 0.2) is 0 Å². The lowest BCUT2D eigenvalue weighted by atomic mass is 9.91. The van der Waals surface area contributed by atoms with Crippen molar-refractivity contribution in [3.05, 3.63) is 113 Å². The molecule has 0 unspecified atom stereocenters. The summed E-state index contributed by atoms with van der Waals surface area (Å²) >= 11 is 0. The summed E-state index contributed by atoms with van der Waals surface area (Å²) in [5.41, 5.74) is 6.56. The predicted octanol–water partition coefficient (Wildman–Crippen LogP) is 7.15. The van der Waals surface area contributed by atoms with Gasteiger partial charge in [-0.2, -0.15) is 0 Å². The molecule has 0 aromatic heterocycles. The smallest absolute Gasteiger partial charge is 0.227 e. The highest BCUT2D eigenvalue weighted by Crippen LogP contribution is 2.29. The fourth-order valence-electron chi connectivity index (χ4n) is 4.37. The molecule has 1 aliphatic carbocycles. The van der Waals surface area contributed by atoms with Crippen LogP contribution >= 0.6 is 0 Å². The van der Waals surface area contributed by atoms with Gasteiger partial charge in [-0.15, -0.1) is 0 Å². The summed E-state index contributed by atoms with van der Waals surface area (Å²) in [4.78, 5) is 13.0. The topological polar surface area (TPSA) is 49.3 Å². The van der Waals surface area contributed by atoms with Crippen LogP contribution in [-0.4, -0.2) is 11.0 Å². The number of phenols is 1. The second kappa shape index (κ2) is 11.3. The molecule has 0 spiro atoms. The van der Waals surface area contributed by atoms with E-state index in [1.807, 2.05) is 42.5 Å². The summed E-state index contributed by atoms with van der Waals surface area (Å²) in [6.45, 7) is 2.55. The monoisotopic (exact) mass is 449 g/mol. The molecule has 34 heavy (non-hydrogen) atoms. The molecular formula is C31H31NO2. The number of carbonyl (C=O) groups excluding carboxylic acids is 1. The summed E-state index contributed by atoms with van der Waals surface area (Å²) in [6.07, 6.45) is 13.4. The minimum absolute atomic E-state index is 0.0793. The summed E-state index contributed by atoms with van der Waals surface area (Å²) < 4.78 is 0. The van der Waals surface area contributed by atoms with Gasteiger partial charge in [0.1, 0.15) is 5.75 Å². The maximum atomic E-state index is 13.0. The molecule has 3 aromatic rings. The first-order chi connectivity index (χ1) is 16.7. The van der Waals surface area contributed by atoms with E-state index in [2.05, 4.69) is 60.8 Å². The fraction of sp³-hybridized carbons (Fsp3) is 0.194. The van der Waals surface area contributed by atoms with Crippen molar-refractivity contribution in [2.75, 3.05) is 0 Å². The van der Waals surface area contributed by atoms with Gasteiger partial charge in [0.2, 0.25) is 5.91 Å². The van der Waals surface area contributed by atoms with Crippen molar-refractivity contribution in [2.45, 2.75) is 32.7 Å². The fourth-order valence-corrected chi connectivity index (χ4v) is 4.37. The van der Waals surface area contributed by atoms with E-state index in [0.29, 0.717) is 6.54 Å². The van der Waals surface area contributed by atoms with Gasteiger partial charge in [-0.25, -0.2) is 0 Å². The van der Waals surface area contributed by atoms with Crippen molar-refractivity contribution in [3.63, 3.8) is 0 Å². The van der Waals surface area contributed by atoms with Crippen molar-refractivity contribution < 1.29 is 9.90 Å². The van der Waals surface area contributed by atoms with Crippen molar-refractivity contribution >= 4 is 18.1 Å². The largest absolute Gasteiger partial charge is 0.508 e. The lowest BCUT2D eigenvalue weighted by Crippen LogP contribution is -2.31. The SMILES string of the molecule is CC[C@@H](C(=O)NCc1ccccc1-c1ccccc1/C=C/c1ccc(O)cc1)C1=CCCC=C1. The Kier molecular flexibility index (Phi) is 7.77. The van der Waals surface area contributed by atoms with Crippen LogP contribution in [0.4, 0.5) is 0 Å². The van der Waals surface area contributed by atoms with E-state index in [0.717, 1.165) is 52.7 Å². The van der Waals surface area contributed by atoms with E-state index in [1.165, 1.54) is 0 Å². The molecular weight excluding hydrogens is 418 g/mol. The minimum Gasteiger partial charge on any atom is -0.508 e. The van der Waals surface area contributed by atoms with Gasteiger partial charge in [-0.05, 0) is 64.8 Å². The molecule has 0 aliphatic heterocycles. The molecule has 1 atom stereocenters. The summed E-state index contributed by atoms with van der Waals surface area (Å²) in [5.74, 6) is 0.231. The molecule has 1 amide bonds. The van der Waals surface area contributed by atoms with Gasteiger partial charge in [0.05, 0.1) is 5.92 Å². The normalized spacial score (nSPS) is 14.1. The van der Waals surface area contributed by atoms with Crippen LogP contribution in [-0.2, 0) is 11.3 Å². The molecule has 0 fully saturated rings. The van der Waals surface area contributed by atoms with Crippen LogP contribution < -0.4 is 5.32 Å². The first kappa shape index (κ1) is 23.3. The molecule has 0 saturated heterocycles. The number of hydrogen-bond donors (Lipinski definition) is 2. The molecule has 3 nitrogen and oxygen atoms in total. The molecule has 0 saturated carbocycles. The van der Waals surface area contributed by atoms with E-state index in [4.69, 9.17) is 0 Å². The third kappa shape index (κ3) is 5.74. The number of phenolic OH excluding ortho intramolecular Hbond substituents is 1. The second-order valence-electron chi connectivity index (χ2n) is 8.53. The number of nitrogens with one attached hydrogen (secondary N) is 1. The van der Waals surface area contributed by atoms with Gasteiger partial charge < -0.3 is 10.4 Å². The zero-order valence-corrected chi connectivity index (χ0v) is 19.6. The van der Waals surface area contributed by atoms with Crippen LogP contribution in [0.3, 0.4) is 0 Å². The number of aromatic hydroxyl groups is 1. The van der Waals surface area contributed by atoms with E-state index in [1.54, 1.807) is 12.1 Å². The van der Waals surface area contributed by atoms with Crippen LogP contribution in [0.25, 0.3) is 23.3 Å². The van der Waals surface area contributed by atoms with E-state index >= 15 is 0 Å². The van der Waals surface area contributed by atoms with Crippen LogP contribution in [0.1, 0.15) is 42.9 Å². The number of hydrogen-bond acceptors (Lipinski definition) is 2. The number of allylic oxidation sites excluding steroid dienone is 3. The first-order valence-electron chi connectivity index (χ1n) is 11.9. The van der Waals surface area contributed by atoms with Crippen molar-refractivity contribution in [2.24, 2.45) is 5.92 Å². The van der Waals surface area contributed by atoms with Crippen LogP contribution in [0.5, 0.6) is 5.75 Å². The molecule has 0 bridgehead atoms. The van der Waals surface area contributed by atoms with Gasteiger partial charge in [-0.1, -0.05) is 98.0 Å². The van der Waals surface area contributed by atoms with E-state index in [9.17, 15) is 9.90 Å². The van der Waals surface area contributed by atoms with E-state index < -0.39 is 0 Å². The second-order valence-corrected chi connectivity index (χ2v) is 8.53. The Morgan fingerprint density at radius 2 is 1.68 bits per heavy atom. The van der Waals surface area contributed by atoms with Crippen LogP contribution in [0.2, 0.25) is 0 Å². The Morgan fingerprint density at radius 1 is 0.941 bits per heavy atom. The Morgan fingerprint density at radius 3 is 2.41 bits per heavy atom. The Hall–Kier alpha value is -3.85. The third-order valence-electron chi connectivity index (χ3n) is 6.22. The van der Waals surface area contributed by atoms with Crippen molar-refractivity contribution in [1.29, 1.82) is 0 Å². The summed E-state index contributed by atoms with van der Waals surface area (Å²) in [7, 11) is 0. The molecule has 3 aromatic carbocycles. The molecule has 2 N–H and O–H groups in total. The van der Waals surface area contributed by atoms with Gasteiger partial charge in [0.25, 0.3) is 0 Å². The number of carbonyl (C=O) groups is 1. The molecule has 0 heterocycles. The van der Waals surface area contributed by atoms with Gasteiger partial charge in [0, 0.05) is 6.54 Å². The minimum atomic E-state index is -0.107. The highest BCUT2D eigenvalue weighted by molar-refractivity contribution is 5.84. The number of amides is 1. The average molecular weight is 450 g/mol. The Bertz CT molecular complexity index is 1220. The zero-order valence-electron chi connectivity index (χ0n) is 19.6. The quantitative estimate of drug-likeness (QED) is 0.359. The van der Waals surface area contributed by atoms with Crippen molar-refractivity contribution in [3.8, 4) is 16.9 Å². The maximum absolute atomic E-state index is 13.0. The highest BCUT2D eigenvalue weighted by atomic mass is 16.3. The Balaban J connectivity index is 1.55. The third-order valence-corrected chi connectivity index (χ3v) is 6.22. The van der Waals surface area contributed by atoms with Crippen molar-refractivity contribution in [1.82, 2.24) is 5.32 Å². The Labute approximate surface area is 202 Å². The zero-order chi connectivity index (χ0) is 23.8. The van der Waals surface area contributed by atoms with Crippen LogP contribution in [0, 0.1) is 5.92 Å². The lowest BCUT2D eigenvalue weighted by molar-refractivity contribution is -0.124. The molecule has 4 rings (SSSR count). The summed E-state index contributed by atoms with van der Waals surface area (Å²) in [5, 5.41) is 12.7. The van der Waals surface area contributed by atoms with Crippen LogP contribution in [0.15, 0.2) is 96.6 Å². The molecule has 3 heteroatoms. The maximum Gasteiger partial charge on any atom is 0.227 e. The van der Waals surface area contributed by atoms with Gasteiger partial charge >= 0.3 is 0 Å². The number of benzene rings is 3. The lowest BCUT2D eigenvalue weighted by Gasteiger charge is -2.19. The van der Waals surface area contributed by atoms with Gasteiger partial charge in [-0.3, -0.25) is 4.79 Å². The predicted molar refractivity (Wildman–Crippen MR) is 141 cm³/mol. The molecule has 0 radical (unpaired) electrons. The summed E-state index contributed by atoms with van der Waals surface area (Å²) in [6, 6.07) is 23.7.